The molecule has 0 heterocycles. The van der Waals surface area contributed by atoms with Crippen molar-refractivity contribution < 1.29 is 31.1 Å². The number of sulfonamides is 1. The van der Waals surface area contributed by atoms with E-state index in [0.29, 0.717) is 0 Å². The van der Waals surface area contributed by atoms with Crippen LogP contribution >= 0.6 is 0 Å². The molecule has 0 aliphatic carbocycles. The number of hydrogen-bond acceptors (Lipinski definition) is 5. The van der Waals surface area contributed by atoms with Gasteiger partial charge < -0.3 is 15.8 Å². The van der Waals surface area contributed by atoms with Crippen LogP contribution in [-0.2, 0) is 14.8 Å². The van der Waals surface area contributed by atoms with E-state index in [2.05, 4.69) is 10.1 Å². The third kappa shape index (κ3) is 6.84. The summed E-state index contributed by atoms with van der Waals surface area (Å²) in [5.41, 5.74) is 5.31. The summed E-state index contributed by atoms with van der Waals surface area (Å²) in [5.74, 6) is -1.13. The molecule has 11 heteroatoms. The Morgan fingerprint density at radius 1 is 1.30 bits per heavy atom. The number of carbonyl (C=O) groups is 1. The quantitative estimate of drug-likeness (QED) is 0.653. The highest BCUT2D eigenvalue weighted by atomic mass is 32.2. The van der Waals surface area contributed by atoms with Crippen LogP contribution in [0.25, 0.3) is 0 Å². The van der Waals surface area contributed by atoms with Crippen molar-refractivity contribution in [1.29, 1.82) is 0 Å². The second-order valence-electron chi connectivity index (χ2n) is 4.55. The third-order valence-electron chi connectivity index (χ3n) is 2.55. The third-order valence-corrected chi connectivity index (χ3v) is 3.97. The fraction of sp³-hybridized carbons (Fsp3) is 0.417. The van der Waals surface area contributed by atoms with Crippen LogP contribution in [0.1, 0.15) is 6.92 Å². The number of halogens is 3. The molecule has 0 fully saturated rings. The van der Waals surface area contributed by atoms with Crippen LogP contribution in [0, 0.1) is 0 Å². The van der Waals surface area contributed by atoms with Gasteiger partial charge in [0, 0.05) is 12.6 Å². The maximum Gasteiger partial charge on any atom is 0.573 e. The van der Waals surface area contributed by atoms with Gasteiger partial charge >= 0.3 is 6.36 Å². The lowest BCUT2D eigenvalue weighted by atomic mass is 10.3. The second-order valence-corrected chi connectivity index (χ2v) is 6.31. The normalized spacial score (nSPS) is 13.4. The molecular weight excluding hydrogens is 339 g/mol. The van der Waals surface area contributed by atoms with Gasteiger partial charge in [-0.05, 0) is 31.2 Å². The van der Waals surface area contributed by atoms with E-state index in [0.717, 1.165) is 24.3 Å². The van der Waals surface area contributed by atoms with Crippen molar-refractivity contribution in [3.8, 4) is 5.75 Å². The maximum atomic E-state index is 12.0. The molecule has 1 rings (SSSR count). The van der Waals surface area contributed by atoms with Crippen molar-refractivity contribution in [2.75, 3.05) is 13.1 Å². The molecule has 4 N–H and O–H groups in total. The summed E-state index contributed by atoms with van der Waals surface area (Å²) < 4.78 is 65.5. The molecule has 130 valence electrons. The summed E-state index contributed by atoms with van der Waals surface area (Å²) in [6.45, 7) is 1.32. The average molecular weight is 355 g/mol. The minimum absolute atomic E-state index is 0.194. The first-order chi connectivity index (χ1) is 10.5. The average Bonchev–Trinajstić information content (AvgIpc) is 2.44. The van der Waals surface area contributed by atoms with Crippen LogP contribution in [-0.4, -0.2) is 39.8 Å². The van der Waals surface area contributed by atoms with E-state index < -0.39 is 34.6 Å². The molecule has 0 radical (unpaired) electrons. The van der Waals surface area contributed by atoms with Crippen LogP contribution in [0.4, 0.5) is 13.2 Å². The standard InChI is InChI=1S/C12H16F3N3O4S/c1-8(6-16)18-11(19)7-17-23(20,21)10-4-2-9(3-5-10)22-12(13,14)15/h2-5,8,17H,6-7,16H2,1H3,(H,18,19)/t8-/m0/s1. The van der Waals surface area contributed by atoms with E-state index in [-0.39, 0.29) is 17.5 Å². The van der Waals surface area contributed by atoms with Gasteiger partial charge in [0.25, 0.3) is 0 Å². The zero-order valence-electron chi connectivity index (χ0n) is 12.1. The first-order valence-electron chi connectivity index (χ1n) is 6.38. The fourth-order valence-corrected chi connectivity index (χ4v) is 2.43. The number of amides is 1. The van der Waals surface area contributed by atoms with Crippen LogP contribution in [0.15, 0.2) is 29.2 Å². The molecule has 0 saturated heterocycles. The van der Waals surface area contributed by atoms with Gasteiger partial charge in [0.15, 0.2) is 0 Å². The number of nitrogens with two attached hydrogens (primary N) is 1. The second kappa shape index (κ2) is 7.62. The van der Waals surface area contributed by atoms with Gasteiger partial charge in [-0.25, -0.2) is 13.1 Å². The van der Waals surface area contributed by atoms with Crippen LogP contribution in [0.3, 0.4) is 0 Å². The molecule has 7 nitrogen and oxygen atoms in total. The predicted molar refractivity (Wildman–Crippen MR) is 75.0 cm³/mol. The van der Waals surface area contributed by atoms with Crippen LogP contribution in [0.2, 0.25) is 0 Å². The van der Waals surface area contributed by atoms with Gasteiger partial charge in [-0.2, -0.15) is 0 Å². The summed E-state index contributed by atoms with van der Waals surface area (Å²) in [4.78, 5) is 11.2. The van der Waals surface area contributed by atoms with E-state index in [4.69, 9.17) is 5.73 Å². The Kier molecular flexibility index (Phi) is 6.36. The Labute approximate surface area is 131 Å². The van der Waals surface area contributed by atoms with Gasteiger partial charge in [0.05, 0.1) is 11.4 Å². The maximum absolute atomic E-state index is 12.0. The molecule has 0 unspecified atom stereocenters. The smallest absolute Gasteiger partial charge is 0.406 e. The topological polar surface area (TPSA) is 111 Å². The van der Waals surface area contributed by atoms with Crippen LogP contribution in [0.5, 0.6) is 5.75 Å². The van der Waals surface area contributed by atoms with E-state index in [1.165, 1.54) is 0 Å². The molecule has 0 saturated carbocycles. The van der Waals surface area contributed by atoms with Crippen LogP contribution < -0.4 is 20.5 Å². The Bertz CT molecular complexity index is 632. The number of alkyl halides is 3. The first-order valence-corrected chi connectivity index (χ1v) is 7.87. The summed E-state index contributed by atoms with van der Waals surface area (Å²) in [6, 6.07) is 3.27. The number of hydrogen-bond donors (Lipinski definition) is 3. The summed E-state index contributed by atoms with van der Waals surface area (Å²) in [7, 11) is -4.04. The summed E-state index contributed by atoms with van der Waals surface area (Å²) in [5, 5.41) is 2.45. The zero-order chi connectivity index (χ0) is 17.7. The SMILES string of the molecule is C[C@@H](CN)NC(=O)CNS(=O)(=O)c1ccc(OC(F)(F)F)cc1. The number of benzene rings is 1. The van der Waals surface area contributed by atoms with Crippen molar-refractivity contribution in [2.24, 2.45) is 5.73 Å². The van der Waals surface area contributed by atoms with Gasteiger partial charge in [-0.3, -0.25) is 4.79 Å². The molecule has 1 aromatic rings. The monoisotopic (exact) mass is 355 g/mol. The van der Waals surface area contributed by atoms with E-state index in [1.807, 2.05) is 4.72 Å². The molecular formula is C12H16F3N3O4S. The van der Waals surface area contributed by atoms with Crippen molar-refractivity contribution >= 4 is 15.9 Å². The summed E-state index contributed by atoms with van der Waals surface area (Å²) >= 11 is 0. The lowest BCUT2D eigenvalue weighted by molar-refractivity contribution is -0.274. The number of nitrogens with one attached hydrogen (secondary N) is 2. The fourth-order valence-electron chi connectivity index (χ4n) is 1.45. The van der Waals surface area contributed by atoms with E-state index in [9.17, 15) is 26.4 Å². The number of ether oxygens (including phenoxy) is 1. The Hall–Kier alpha value is -1.85. The van der Waals surface area contributed by atoms with Crippen molar-refractivity contribution in [2.45, 2.75) is 24.2 Å². The minimum Gasteiger partial charge on any atom is -0.406 e. The van der Waals surface area contributed by atoms with E-state index >= 15 is 0 Å². The first kappa shape index (κ1) is 19.2. The Balaban J connectivity index is 2.68. The lowest BCUT2D eigenvalue weighted by Gasteiger charge is -2.12. The molecule has 0 bridgehead atoms. The van der Waals surface area contributed by atoms with Crippen molar-refractivity contribution in [1.82, 2.24) is 10.0 Å². The molecule has 0 aliphatic heterocycles. The van der Waals surface area contributed by atoms with Gasteiger partial charge in [0.2, 0.25) is 15.9 Å². The number of carbonyl (C=O) groups excluding carboxylic acids is 1. The highest BCUT2D eigenvalue weighted by molar-refractivity contribution is 7.89. The van der Waals surface area contributed by atoms with Crippen molar-refractivity contribution in [3.05, 3.63) is 24.3 Å². The van der Waals surface area contributed by atoms with E-state index in [1.54, 1.807) is 6.92 Å². The van der Waals surface area contributed by atoms with Crippen molar-refractivity contribution in [3.63, 3.8) is 0 Å². The molecule has 0 aliphatic rings. The zero-order valence-corrected chi connectivity index (χ0v) is 12.9. The molecule has 1 atom stereocenters. The predicted octanol–water partition coefficient (Wildman–Crippen LogP) is 0.327. The molecule has 0 aromatic heterocycles. The minimum atomic E-state index is -4.86. The molecule has 1 amide bonds. The van der Waals surface area contributed by atoms with Gasteiger partial charge in [-0.15, -0.1) is 13.2 Å². The largest absolute Gasteiger partial charge is 0.573 e. The number of rotatable bonds is 7. The highest BCUT2D eigenvalue weighted by Gasteiger charge is 2.31. The highest BCUT2D eigenvalue weighted by Crippen LogP contribution is 2.23. The Morgan fingerprint density at radius 3 is 2.35 bits per heavy atom. The molecule has 1 aromatic carbocycles. The van der Waals surface area contributed by atoms with Gasteiger partial charge in [0.1, 0.15) is 5.75 Å². The summed E-state index contributed by atoms with van der Waals surface area (Å²) in [6.07, 6.45) is -4.86. The molecule has 0 spiro atoms. The lowest BCUT2D eigenvalue weighted by Crippen LogP contribution is -2.43. The molecule has 23 heavy (non-hydrogen) atoms. The van der Waals surface area contributed by atoms with Gasteiger partial charge in [-0.1, -0.05) is 0 Å². The Morgan fingerprint density at radius 2 is 1.87 bits per heavy atom.